The molecule has 0 spiro atoms. The van der Waals surface area contributed by atoms with Crippen LogP contribution in [0.1, 0.15) is 44.5 Å². The van der Waals surface area contributed by atoms with E-state index in [4.69, 9.17) is 0 Å². The van der Waals surface area contributed by atoms with Gasteiger partial charge in [-0.05, 0) is 0 Å². The van der Waals surface area contributed by atoms with Gasteiger partial charge in [0.05, 0.1) is 0 Å². The van der Waals surface area contributed by atoms with Crippen molar-refractivity contribution in [3.8, 4) is 35.5 Å². The molecule has 0 N–H and O–H groups in total. The summed E-state index contributed by atoms with van der Waals surface area (Å²) in [4.78, 5) is 0. The number of alkyl halides is 6. The molecule has 0 bridgehead atoms. The van der Waals surface area contributed by atoms with Crippen LogP contribution in [0.3, 0.4) is 0 Å². The summed E-state index contributed by atoms with van der Waals surface area (Å²) in [6.07, 6.45) is -12.0. The van der Waals surface area contributed by atoms with Crippen molar-refractivity contribution in [1.82, 2.24) is 0 Å². The Kier molecular flexibility index (Phi) is 10.7. The van der Waals surface area contributed by atoms with E-state index in [0.29, 0.717) is 0 Å². The summed E-state index contributed by atoms with van der Waals surface area (Å²) in [5.41, 5.74) is -19.4. The first-order valence-electron chi connectivity index (χ1n) is 12.9. The fourth-order valence-electron chi connectivity index (χ4n) is 4.06. The second kappa shape index (κ2) is 14.1. The molecule has 0 saturated carbocycles. The highest BCUT2D eigenvalue weighted by Crippen LogP contribution is 2.38. The summed E-state index contributed by atoms with van der Waals surface area (Å²) in [5, 5.41) is 0. The van der Waals surface area contributed by atoms with Crippen molar-refractivity contribution in [2.24, 2.45) is 0 Å². The van der Waals surface area contributed by atoms with Crippen LogP contribution in [0.4, 0.5) is 96.6 Å². The molecule has 0 atom stereocenters. The Balaban J connectivity index is 1.82. The van der Waals surface area contributed by atoms with E-state index in [1.165, 1.54) is 0 Å². The van der Waals surface area contributed by atoms with Gasteiger partial charge in [-0.15, -0.1) is 0 Å². The van der Waals surface area contributed by atoms with Gasteiger partial charge in [0.1, 0.15) is 44.5 Å². The minimum Gasteiger partial charge on any atom is -0.203 e. The summed E-state index contributed by atoms with van der Waals surface area (Å²) in [6.45, 7) is 0. The van der Waals surface area contributed by atoms with Gasteiger partial charge >= 0.3 is 12.4 Å². The Labute approximate surface area is 282 Å². The second-order valence-electron chi connectivity index (χ2n) is 9.77. The molecule has 22 heteroatoms. The lowest BCUT2D eigenvalue weighted by atomic mass is 10.0. The van der Waals surface area contributed by atoms with Crippen LogP contribution in [0.2, 0.25) is 0 Å². The zero-order chi connectivity index (χ0) is 41.1. The van der Waals surface area contributed by atoms with Crippen molar-refractivity contribution >= 4 is 0 Å². The van der Waals surface area contributed by atoms with Crippen LogP contribution in [0.15, 0.2) is 0 Å². The monoisotopic (exact) mass is 802 g/mol. The average Bonchev–Trinajstić information content (AvgIpc) is 3.07. The molecule has 0 radical (unpaired) electrons. The highest BCUT2D eigenvalue weighted by molar-refractivity contribution is 5.54. The SMILES string of the molecule is Fc1c(F)c(C#Cc2c(F)c(F)c(C(F)(F)F)c(F)c2F)c(F)c(F)c1C#Cc1c(F)c(F)c(C#Cc2c(F)c(F)c(C(F)(F)F)c(F)c2F)c(F)c1F. The third-order valence-corrected chi connectivity index (χ3v) is 6.56. The van der Waals surface area contributed by atoms with E-state index < -0.39 is 150 Å². The van der Waals surface area contributed by atoms with Crippen LogP contribution >= 0.6 is 0 Å². The lowest BCUT2D eigenvalue weighted by molar-refractivity contribution is -0.144. The fraction of sp³-hybridized carbons (Fsp3) is 0.0625. The van der Waals surface area contributed by atoms with Crippen molar-refractivity contribution in [3.63, 3.8) is 0 Å². The molecule has 282 valence electrons. The van der Waals surface area contributed by atoms with Crippen LogP contribution in [0.5, 0.6) is 0 Å². The Morgan fingerprint density at radius 1 is 0.204 bits per heavy atom. The van der Waals surface area contributed by atoms with Gasteiger partial charge in [-0.3, -0.25) is 0 Å². The van der Waals surface area contributed by atoms with Crippen LogP contribution in [-0.2, 0) is 12.4 Å². The van der Waals surface area contributed by atoms with E-state index in [1.807, 2.05) is 0 Å². The molecule has 0 aliphatic heterocycles. The van der Waals surface area contributed by atoms with Gasteiger partial charge in [0.2, 0.25) is 0 Å². The fourth-order valence-corrected chi connectivity index (χ4v) is 4.06. The average molecular weight is 802 g/mol. The molecule has 4 rings (SSSR count). The van der Waals surface area contributed by atoms with Crippen molar-refractivity contribution < 1.29 is 96.6 Å². The second-order valence-corrected chi connectivity index (χ2v) is 9.77. The Hall–Kier alpha value is -5.98. The summed E-state index contributed by atoms with van der Waals surface area (Å²) in [5.74, 6) is -39.6. The molecule has 54 heavy (non-hydrogen) atoms. The molecule has 4 aromatic carbocycles. The number of benzene rings is 4. The van der Waals surface area contributed by atoms with Crippen molar-refractivity contribution in [1.29, 1.82) is 0 Å². The van der Waals surface area contributed by atoms with E-state index in [0.717, 1.165) is 35.5 Å². The molecule has 0 nitrogen and oxygen atoms in total. The van der Waals surface area contributed by atoms with E-state index >= 15 is 0 Å². The van der Waals surface area contributed by atoms with E-state index in [-0.39, 0.29) is 0 Å². The maximum Gasteiger partial charge on any atom is 0.422 e. The van der Waals surface area contributed by atoms with Gasteiger partial charge < -0.3 is 0 Å². The maximum absolute atomic E-state index is 14.6. The Morgan fingerprint density at radius 3 is 0.426 bits per heavy atom. The maximum atomic E-state index is 14.6. The standard InChI is InChI=1S/C32F22/c33-15-7(16(34)20(38)9(19(15)37)3-5-11-23(41)27(45)13(31(49,50)51)28(46)24(11)42)1-2-8-17(35)21(39)10(22(40)18(8)36)4-6-12-25(43)29(47)14(32(52,53)54)30(48)26(12)44. The first-order valence-corrected chi connectivity index (χ1v) is 12.9. The highest BCUT2D eigenvalue weighted by Gasteiger charge is 2.43. The molecular weight excluding hydrogens is 802 g/mol. The minimum absolute atomic E-state index is 0.930. The first kappa shape index (κ1) is 40.8. The Bertz CT molecular complexity index is 2200. The molecule has 0 unspecified atom stereocenters. The number of halogens is 22. The van der Waals surface area contributed by atoms with E-state index in [9.17, 15) is 96.6 Å². The molecule has 0 fully saturated rings. The predicted octanol–water partition coefficient (Wildman–Crippen LogP) is 10.1. The van der Waals surface area contributed by atoms with Crippen LogP contribution in [0.25, 0.3) is 0 Å². The van der Waals surface area contributed by atoms with Crippen LogP contribution in [0, 0.1) is 129 Å². The smallest absolute Gasteiger partial charge is 0.203 e. The highest BCUT2D eigenvalue weighted by atomic mass is 19.4. The lowest BCUT2D eigenvalue weighted by Crippen LogP contribution is -2.16. The Morgan fingerprint density at radius 2 is 0.315 bits per heavy atom. The third-order valence-electron chi connectivity index (χ3n) is 6.56. The summed E-state index contributed by atoms with van der Waals surface area (Å²) in [6, 6.07) is 0. The zero-order valence-corrected chi connectivity index (χ0v) is 24.3. The molecule has 0 aromatic heterocycles. The van der Waals surface area contributed by atoms with Gasteiger partial charge in [0.25, 0.3) is 0 Å². The minimum atomic E-state index is -6.02. The van der Waals surface area contributed by atoms with E-state index in [1.54, 1.807) is 0 Å². The predicted molar refractivity (Wildman–Crippen MR) is 133 cm³/mol. The topological polar surface area (TPSA) is 0 Å². The first-order chi connectivity index (χ1) is 24.8. The zero-order valence-electron chi connectivity index (χ0n) is 24.3. The molecule has 4 aromatic rings. The number of hydrogen-bond acceptors (Lipinski definition) is 0. The summed E-state index contributed by atoms with van der Waals surface area (Å²) >= 11 is 0. The molecule has 0 aliphatic carbocycles. The largest absolute Gasteiger partial charge is 0.422 e. The molecule has 0 heterocycles. The molecular formula is C32F22. The van der Waals surface area contributed by atoms with Crippen LogP contribution < -0.4 is 0 Å². The summed E-state index contributed by atoms with van der Waals surface area (Å²) < 4.78 is 305. The van der Waals surface area contributed by atoms with Crippen LogP contribution in [-0.4, -0.2) is 0 Å². The van der Waals surface area contributed by atoms with Gasteiger partial charge in [-0.25, -0.2) is 70.2 Å². The van der Waals surface area contributed by atoms with Crippen molar-refractivity contribution in [3.05, 3.63) is 138 Å². The lowest BCUT2D eigenvalue weighted by Gasteiger charge is -2.11. The molecule has 0 aliphatic rings. The summed E-state index contributed by atoms with van der Waals surface area (Å²) in [7, 11) is 0. The third kappa shape index (κ3) is 6.81. The van der Waals surface area contributed by atoms with E-state index in [2.05, 4.69) is 0 Å². The van der Waals surface area contributed by atoms with Crippen molar-refractivity contribution in [2.45, 2.75) is 12.4 Å². The van der Waals surface area contributed by atoms with Gasteiger partial charge in [0, 0.05) is 0 Å². The van der Waals surface area contributed by atoms with Gasteiger partial charge in [-0.1, -0.05) is 35.5 Å². The van der Waals surface area contributed by atoms with Gasteiger partial charge in [0.15, 0.2) is 93.1 Å². The molecule has 0 amide bonds. The van der Waals surface area contributed by atoms with Gasteiger partial charge in [-0.2, -0.15) is 26.3 Å². The molecule has 0 saturated heterocycles. The van der Waals surface area contributed by atoms with Crippen molar-refractivity contribution in [2.75, 3.05) is 0 Å². The normalized spacial score (nSPS) is 11.4. The number of rotatable bonds is 0. The quantitative estimate of drug-likeness (QED) is 0.0944. The number of hydrogen-bond donors (Lipinski definition) is 0.